The lowest BCUT2D eigenvalue weighted by Gasteiger charge is -2.31. The van der Waals surface area contributed by atoms with E-state index in [1.54, 1.807) is 12.1 Å². The second-order valence-corrected chi connectivity index (χ2v) is 7.86. The third kappa shape index (κ3) is 4.18. The number of benzene rings is 2. The Balaban J connectivity index is 2.45. The summed E-state index contributed by atoms with van der Waals surface area (Å²) in [7, 11) is 0. The summed E-state index contributed by atoms with van der Waals surface area (Å²) < 4.78 is 15.5. The smallest absolute Gasteiger partial charge is 0.123 e. The normalized spacial score (nSPS) is 11.7. The van der Waals surface area contributed by atoms with E-state index < -0.39 is 0 Å². The lowest BCUT2D eigenvalue weighted by Crippen LogP contribution is -2.33. The van der Waals surface area contributed by atoms with E-state index in [1.807, 2.05) is 12.1 Å². The van der Waals surface area contributed by atoms with Crippen molar-refractivity contribution in [2.45, 2.75) is 11.8 Å². The molecule has 0 bridgehead atoms. The zero-order chi connectivity index (χ0) is 15.5. The first kappa shape index (κ1) is 17.6. The van der Waals surface area contributed by atoms with Crippen LogP contribution in [0.4, 0.5) is 4.39 Å². The molecule has 0 aliphatic heterocycles. The van der Waals surface area contributed by atoms with Crippen molar-refractivity contribution in [2.75, 3.05) is 10.7 Å². The first-order valence-electron chi connectivity index (χ1n) is 6.33. The van der Waals surface area contributed by atoms with Crippen LogP contribution in [-0.2, 0) is 11.8 Å². The van der Waals surface area contributed by atoms with E-state index in [0.29, 0.717) is 0 Å². The van der Waals surface area contributed by atoms with E-state index in [1.165, 1.54) is 11.6 Å². The highest BCUT2D eigenvalue weighted by Gasteiger charge is 2.31. The minimum Gasteiger partial charge on any atom is -0.207 e. The van der Waals surface area contributed by atoms with Gasteiger partial charge in [0.15, 0.2) is 0 Å². The van der Waals surface area contributed by atoms with Crippen LogP contribution < -0.4 is 0 Å². The Hall–Kier alpha value is 0.290. The fourth-order valence-electron chi connectivity index (χ4n) is 2.25. The monoisotopic (exact) mass is 540 g/mol. The van der Waals surface area contributed by atoms with Crippen LogP contribution >= 0.6 is 63.7 Å². The van der Waals surface area contributed by atoms with Crippen molar-refractivity contribution in [1.29, 1.82) is 0 Å². The molecule has 0 N–H and O–H groups in total. The number of hydrogen-bond acceptors (Lipinski definition) is 0. The predicted octanol–water partition coefficient (Wildman–Crippen LogP) is 6.62. The summed E-state index contributed by atoms with van der Waals surface area (Å²) in [4.78, 5) is 0. The molecule has 0 saturated carbocycles. The van der Waals surface area contributed by atoms with Gasteiger partial charge in [-0.15, -0.1) is 0 Å². The second kappa shape index (κ2) is 7.71. The average Bonchev–Trinajstić information content (AvgIpc) is 2.48. The van der Waals surface area contributed by atoms with Crippen molar-refractivity contribution in [3.63, 3.8) is 0 Å². The molecule has 0 unspecified atom stereocenters. The minimum atomic E-state index is -0.208. The molecule has 2 aromatic carbocycles. The van der Waals surface area contributed by atoms with Gasteiger partial charge < -0.3 is 0 Å². The molecule has 0 aromatic heterocycles. The molecule has 0 nitrogen and oxygen atoms in total. The summed E-state index contributed by atoms with van der Waals surface area (Å²) in [5, 5.41) is 1.56. The van der Waals surface area contributed by atoms with Crippen molar-refractivity contribution in [1.82, 2.24) is 0 Å². The zero-order valence-corrected chi connectivity index (χ0v) is 17.4. The van der Waals surface area contributed by atoms with Gasteiger partial charge in [0.1, 0.15) is 5.82 Å². The van der Waals surface area contributed by atoms with Gasteiger partial charge in [-0.05, 0) is 47.9 Å². The maximum Gasteiger partial charge on any atom is 0.123 e. The maximum absolute atomic E-state index is 13.5. The van der Waals surface area contributed by atoms with Crippen LogP contribution in [0.25, 0.3) is 0 Å². The zero-order valence-electron chi connectivity index (χ0n) is 11.1. The van der Waals surface area contributed by atoms with E-state index in [-0.39, 0.29) is 11.2 Å². The quantitative estimate of drug-likeness (QED) is 0.372. The summed E-state index contributed by atoms with van der Waals surface area (Å²) in [5.41, 5.74) is 2.04. The molecule has 2 aromatic rings. The summed E-state index contributed by atoms with van der Waals surface area (Å²) in [6, 6.07) is 13.1. The molecule has 0 atom stereocenters. The summed E-state index contributed by atoms with van der Waals surface area (Å²) in [6.07, 6.45) is 0.734. The number of alkyl halides is 2. The molecular formula is C16H13Br4F. The number of rotatable bonds is 5. The SMILES string of the molecule is Fc1ccc(Br)c(CC(CBr)(CBr)c2cccc(Br)c2)c1. The molecule has 0 aliphatic carbocycles. The van der Waals surface area contributed by atoms with E-state index in [0.717, 1.165) is 31.6 Å². The molecule has 0 saturated heterocycles. The Morgan fingerprint density at radius 1 is 0.952 bits per heavy atom. The van der Waals surface area contributed by atoms with E-state index in [4.69, 9.17) is 0 Å². The van der Waals surface area contributed by atoms with Gasteiger partial charge in [0, 0.05) is 25.0 Å². The Kier molecular flexibility index (Phi) is 6.48. The van der Waals surface area contributed by atoms with E-state index in [9.17, 15) is 4.39 Å². The molecule has 0 fully saturated rings. The van der Waals surface area contributed by atoms with Gasteiger partial charge in [-0.3, -0.25) is 0 Å². The lowest BCUT2D eigenvalue weighted by atomic mass is 9.79. The predicted molar refractivity (Wildman–Crippen MR) is 101 cm³/mol. The van der Waals surface area contributed by atoms with Crippen molar-refractivity contribution >= 4 is 63.7 Å². The van der Waals surface area contributed by atoms with Crippen molar-refractivity contribution in [3.05, 3.63) is 68.4 Å². The lowest BCUT2D eigenvalue weighted by molar-refractivity contribution is 0.545. The van der Waals surface area contributed by atoms with Gasteiger partial charge in [0.05, 0.1) is 0 Å². The van der Waals surface area contributed by atoms with Gasteiger partial charge in [-0.1, -0.05) is 75.9 Å². The molecule has 2 rings (SSSR count). The molecule has 0 heterocycles. The Bertz CT molecular complexity index is 623. The highest BCUT2D eigenvalue weighted by Crippen LogP contribution is 2.36. The molecule has 112 valence electrons. The highest BCUT2D eigenvalue weighted by atomic mass is 79.9. The Labute approximate surface area is 158 Å². The first-order valence-corrected chi connectivity index (χ1v) is 10.2. The van der Waals surface area contributed by atoms with Crippen molar-refractivity contribution in [2.24, 2.45) is 0 Å². The summed E-state index contributed by atoms with van der Waals surface area (Å²) in [5.74, 6) is -0.208. The first-order chi connectivity index (χ1) is 10.0. The standard InChI is InChI=1S/C16H13Br4F/c17-9-16(10-18,12-2-1-3-13(19)7-12)8-11-6-14(21)4-5-15(11)20/h1-7H,8-10H2. The van der Waals surface area contributed by atoms with Crippen molar-refractivity contribution in [3.8, 4) is 0 Å². The van der Waals surface area contributed by atoms with Gasteiger partial charge in [-0.2, -0.15) is 0 Å². The van der Waals surface area contributed by atoms with Gasteiger partial charge >= 0.3 is 0 Å². The molecule has 5 heteroatoms. The Morgan fingerprint density at radius 2 is 1.67 bits per heavy atom. The third-order valence-corrected chi connectivity index (χ3v) is 6.90. The average molecular weight is 544 g/mol. The van der Waals surface area contributed by atoms with Crippen LogP contribution in [0.5, 0.6) is 0 Å². The van der Waals surface area contributed by atoms with E-state index in [2.05, 4.69) is 75.9 Å². The van der Waals surface area contributed by atoms with Gasteiger partial charge in [-0.25, -0.2) is 4.39 Å². The highest BCUT2D eigenvalue weighted by molar-refractivity contribution is 9.11. The van der Waals surface area contributed by atoms with Crippen LogP contribution in [-0.4, -0.2) is 10.7 Å². The number of hydrogen-bond donors (Lipinski definition) is 0. The third-order valence-electron chi connectivity index (χ3n) is 3.49. The number of halogens is 5. The Morgan fingerprint density at radius 3 is 2.29 bits per heavy atom. The molecule has 0 amide bonds. The second-order valence-electron chi connectivity index (χ2n) is 4.97. The van der Waals surface area contributed by atoms with Crippen molar-refractivity contribution < 1.29 is 4.39 Å². The van der Waals surface area contributed by atoms with Crippen LogP contribution in [0.1, 0.15) is 11.1 Å². The minimum absolute atomic E-state index is 0.139. The topological polar surface area (TPSA) is 0 Å². The van der Waals surface area contributed by atoms with Gasteiger partial charge in [0.25, 0.3) is 0 Å². The maximum atomic E-state index is 13.5. The van der Waals surface area contributed by atoms with Crippen LogP contribution in [0, 0.1) is 5.82 Å². The van der Waals surface area contributed by atoms with Gasteiger partial charge in [0.2, 0.25) is 0 Å². The largest absolute Gasteiger partial charge is 0.207 e. The van der Waals surface area contributed by atoms with Crippen LogP contribution in [0.2, 0.25) is 0 Å². The summed E-state index contributed by atoms with van der Waals surface area (Å²) >= 11 is 14.3. The fourth-order valence-corrected chi connectivity index (χ4v) is 5.01. The molecular weight excluding hydrogens is 531 g/mol. The molecule has 0 radical (unpaired) electrons. The molecule has 0 aliphatic rings. The molecule has 21 heavy (non-hydrogen) atoms. The van der Waals surface area contributed by atoms with E-state index >= 15 is 0 Å². The summed E-state index contributed by atoms with van der Waals surface area (Å²) in [6.45, 7) is 0. The fraction of sp³-hybridized carbons (Fsp3) is 0.250. The van der Waals surface area contributed by atoms with Crippen LogP contribution in [0.15, 0.2) is 51.4 Å². The van der Waals surface area contributed by atoms with Crippen LogP contribution in [0.3, 0.4) is 0 Å². The molecule has 0 spiro atoms.